The van der Waals surface area contributed by atoms with Gasteiger partial charge in [0.15, 0.2) is 5.96 Å². The van der Waals surface area contributed by atoms with Crippen molar-refractivity contribution in [3.05, 3.63) is 16.1 Å². The van der Waals surface area contributed by atoms with Crippen LogP contribution < -0.4 is 10.6 Å². The first-order valence-electron chi connectivity index (χ1n) is 9.22. The molecule has 0 radical (unpaired) electrons. The van der Waals surface area contributed by atoms with Crippen LogP contribution in [-0.4, -0.2) is 42.3 Å². The molecule has 1 aromatic heterocycles. The van der Waals surface area contributed by atoms with Crippen molar-refractivity contribution in [3.63, 3.8) is 0 Å². The Bertz CT molecular complexity index is 503. The molecule has 6 heteroatoms. The highest BCUT2D eigenvalue weighted by atomic mass is 32.1. The summed E-state index contributed by atoms with van der Waals surface area (Å²) in [5, 5.41) is 17.4. The molecule has 1 aliphatic rings. The average molecular weight is 353 g/mol. The smallest absolute Gasteiger partial charge is 0.191 e. The fraction of sp³-hybridized carbons (Fsp3) is 0.778. The lowest BCUT2D eigenvalue weighted by Crippen LogP contribution is -2.40. The van der Waals surface area contributed by atoms with Crippen LogP contribution in [0.3, 0.4) is 0 Å². The number of aliphatic hydroxyl groups is 1. The number of thiazole rings is 1. The third-order valence-corrected chi connectivity index (χ3v) is 5.75. The standard InChI is InChI=1S/C18H32N4OS/c1-3-19-17(20-11-7-16-21-13-15(2)24-16)22-14-18(10-12-23)8-5-4-6-9-18/h13,23H,3-12,14H2,1-2H3,(H2,19,20,22). The molecule has 136 valence electrons. The van der Waals surface area contributed by atoms with Gasteiger partial charge in [0.05, 0.1) is 5.01 Å². The molecule has 0 unspecified atom stereocenters. The van der Waals surface area contributed by atoms with Crippen molar-refractivity contribution in [2.75, 3.05) is 26.2 Å². The van der Waals surface area contributed by atoms with Crippen LogP contribution >= 0.6 is 11.3 Å². The van der Waals surface area contributed by atoms with E-state index in [1.54, 1.807) is 11.3 Å². The summed E-state index contributed by atoms with van der Waals surface area (Å²) in [6.45, 7) is 6.94. The maximum Gasteiger partial charge on any atom is 0.191 e. The number of aromatic nitrogens is 1. The Morgan fingerprint density at radius 3 is 2.75 bits per heavy atom. The van der Waals surface area contributed by atoms with Gasteiger partial charge in [0, 0.05) is 43.7 Å². The molecule has 1 heterocycles. The summed E-state index contributed by atoms with van der Waals surface area (Å²) in [5.74, 6) is 0.883. The highest BCUT2D eigenvalue weighted by Gasteiger charge is 2.31. The molecule has 1 saturated carbocycles. The van der Waals surface area contributed by atoms with Gasteiger partial charge in [-0.1, -0.05) is 19.3 Å². The Labute approximate surface area is 150 Å². The first kappa shape index (κ1) is 19.2. The number of guanidine groups is 1. The van der Waals surface area contributed by atoms with Gasteiger partial charge in [0.25, 0.3) is 0 Å². The van der Waals surface area contributed by atoms with Crippen LogP contribution in [0.5, 0.6) is 0 Å². The van der Waals surface area contributed by atoms with Gasteiger partial charge in [0.1, 0.15) is 0 Å². The minimum atomic E-state index is 0.196. The summed E-state index contributed by atoms with van der Waals surface area (Å²) in [5.41, 5.74) is 0.196. The van der Waals surface area contributed by atoms with Crippen molar-refractivity contribution < 1.29 is 5.11 Å². The van der Waals surface area contributed by atoms with Crippen LogP contribution in [-0.2, 0) is 6.42 Å². The Morgan fingerprint density at radius 1 is 1.33 bits per heavy atom. The predicted molar refractivity (Wildman–Crippen MR) is 102 cm³/mol. The third-order valence-electron chi connectivity index (χ3n) is 4.77. The normalized spacial score (nSPS) is 17.7. The van der Waals surface area contributed by atoms with Crippen molar-refractivity contribution in [1.82, 2.24) is 15.6 Å². The van der Waals surface area contributed by atoms with E-state index in [0.717, 1.165) is 38.4 Å². The maximum atomic E-state index is 9.44. The Balaban J connectivity index is 1.88. The van der Waals surface area contributed by atoms with Gasteiger partial charge in [-0.05, 0) is 38.5 Å². The number of aryl methyl sites for hydroxylation is 1. The molecule has 0 aromatic carbocycles. The fourth-order valence-electron chi connectivity index (χ4n) is 3.42. The average Bonchev–Trinajstić information content (AvgIpc) is 2.99. The summed E-state index contributed by atoms with van der Waals surface area (Å²) >= 11 is 1.76. The number of rotatable bonds is 8. The summed E-state index contributed by atoms with van der Waals surface area (Å²) in [6, 6.07) is 0. The molecule has 1 fully saturated rings. The van der Waals surface area contributed by atoms with Crippen molar-refractivity contribution in [2.45, 2.75) is 58.8 Å². The van der Waals surface area contributed by atoms with Gasteiger partial charge in [-0.15, -0.1) is 11.3 Å². The molecular weight excluding hydrogens is 320 g/mol. The molecule has 0 spiro atoms. The van der Waals surface area contributed by atoms with Crippen LogP contribution in [0.25, 0.3) is 0 Å². The van der Waals surface area contributed by atoms with Gasteiger partial charge in [-0.3, -0.25) is 4.99 Å². The second kappa shape index (κ2) is 9.99. The Hall–Kier alpha value is -1.14. The largest absolute Gasteiger partial charge is 0.396 e. The van der Waals surface area contributed by atoms with Crippen molar-refractivity contribution in [1.29, 1.82) is 0 Å². The summed E-state index contributed by atoms with van der Waals surface area (Å²) in [7, 11) is 0. The number of aliphatic hydroxyl groups excluding tert-OH is 1. The fourth-order valence-corrected chi connectivity index (χ4v) is 4.21. The van der Waals surface area contributed by atoms with Crippen LogP contribution in [0, 0.1) is 12.3 Å². The summed E-state index contributed by atoms with van der Waals surface area (Å²) < 4.78 is 0. The third kappa shape index (κ3) is 6.06. The zero-order valence-corrected chi connectivity index (χ0v) is 15.9. The molecule has 2 rings (SSSR count). The molecule has 0 atom stereocenters. The molecule has 1 aromatic rings. The van der Waals surface area contributed by atoms with Crippen molar-refractivity contribution in [2.24, 2.45) is 10.4 Å². The second-order valence-electron chi connectivity index (χ2n) is 6.77. The van der Waals surface area contributed by atoms with Gasteiger partial charge in [-0.25, -0.2) is 4.98 Å². The topological polar surface area (TPSA) is 69.5 Å². The Kier molecular flexibility index (Phi) is 7.99. The maximum absolute atomic E-state index is 9.44. The highest BCUT2D eigenvalue weighted by molar-refractivity contribution is 7.11. The monoisotopic (exact) mass is 352 g/mol. The number of hydrogen-bond acceptors (Lipinski definition) is 4. The van der Waals surface area contributed by atoms with E-state index in [2.05, 4.69) is 29.5 Å². The van der Waals surface area contributed by atoms with Crippen LogP contribution in [0.2, 0.25) is 0 Å². The van der Waals surface area contributed by atoms with E-state index in [0.29, 0.717) is 0 Å². The van der Waals surface area contributed by atoms with Crippen LogP contribution in [0.1, 0.15) is 55.3 Å². The molecule has 5 nitrogen and oxygen atoms in total. The van der Waals surface area contributed by atoms with Crippen molar-refractivity contribution in [3.8, 4) is 0 Å². The summed E-state index contributed by atoms with van der Waals surface area (Å²) in [4.78, 5) is 10.5. The molecule has 0 saturated heterocycles. The van der Waals surface area contributed by atoms with E-state index >= 15 is 0 Å². The van der Waals surface area contributed by atoms with E-state index in [4.69, 9.17) is 4.99 Å². The van der Waals surface area contributed by atoms with Gasteiger partial charge in [0.2, 0.25) is 0 Å². The number of hydrogen-bond donors (Lipinski definition) is 3. The zero-order chi connectivity index (χ0) is 17.3. The molecular formula is C18H32N4OS. The van der Waals surface area contributed by atoms with E-state index in [9.17, 15) is 5.11 Å². The first-order valence-corrected chi connectivity index (χ1v) is 10.0. The van der Waals surface area contributed by atoms with Gasteiger partial charge in [-0.2, -0.15) is 0 Å². The first-order chi connectivity index (χ1) is 11.7. The minimum absolute atomic E-state index is 0.196. The molecule has 0 amide bonds. The van der Waals surface area contributed by atoms with Gasteiger partial charge < -0.3 is 15.7 Å². The number of aliphatic imine (C=N–C) groups is 1. The van der Waals surface area contributed by atoms with Crippen LogP contribution in [0.15, 0.2) is 11.2 Å². The van der Waals surface area contributed by atoms with Crippen LogP contribution in [0.4, 0.5) is 0 Å². The van der Waals surface area contributed by atoms with Gasteiger partial charge >= 0.3 is 0 Å². The van der Waals surface area contributed by atoms with E-state index in [-0.39, 0.29) is 12.0 Å². The lowest BCUT2D eigenvalue weighted by atomic mass is 9.72. The molecule has 24 heavy (non-hydrogen) atoms. The molecule has 3 N–H and O–H groups in total. The van der Waals surface area contributed by atoms with E-state index in [1.807, 2.05) is 6.20 Å². The second-order valence-corrected chi connectivity index (χ2v) is 8.09. The predicted octanol–water partition coefficient (Wildman–Crippen LogP) is 2.88. The van der Waals surface area contributed by atoms with E-state index < -0.39 is 0 Å². The van der Waals surface area contributed by atoms with E-state index in [1.165, 1.54) is 42.0 Å². The SMILES string of the molecule is CCNC(=NCC1(CCO)CCCCC1)NCCc1ncc(C)s1. The Morgan fingerprint density at radius 2 is 2.12 bits per heavy atom. The molecule has 0 bridgehead atoms. The summed E-state index contributed by atoms with van der Waals surface area (Å²) in [6.07, 6.45) is 9.96. The molecule has 1 aliphatic carbocycles. The quantitative estimate of drug-likeness (QED) is 0.497. The lowest BCUT2D eigenvalue weighted by Gasteiger charge is -2.35. The minimum Gasteiger partial charge on any atom is -0.396 e. The zero-order valence-electron chi connectivity index (χ0n) is 15.1. The number of nitrogens with one attached hydrogen (secondary N) is 2. The number of nitrogens with zero attached hydrogens (tertiary/aromatic N) is 2. The van der Waals surface area contributed by atoms with Crippen molar-refractivity contribution >= 4 is 17.3 Å². The highest BCUT2D eigenvalue weighted by Crippen LogP contribution is 2.39. The lowest BCUT2D eigenvalue weighted by molar-refractivity contribution is 0.137. The molecule has 0 aliphatic heterocycles.